The molecule has 0 atom stereocenters. The van der Waals surface area contributed by atoms with Gasteiger partial charge < -0.3 is 9.47 Å². The molecular weight excluding hydrogens is 420 g/mol. The summed E-state index contributed by atoms with van der Waals surface area (Å²) in [4.78, 5) is 31.9. The van der Waals surface area contributed by atoms with Crippen LogP contribution in [0.1, 0.15) is 36.3 Å². The zero-order valence-electron chi connectivity index (χ0n) is 17.5. The van der Waals surface area contributed by atoms with Crippen LogP contribution in [0, 0.1) is 6.92 Å². The fraction of sp³-hybridized carbons (Fsp3) is 0.409. The van der Waals surface area contributed by atoms with Gasteiger partial charge in [0.15, 0.2) is 5.16 Å². The molecule has 2 aromatic heterocycles. The molecular formula is C22H24N2O4S2. The number of fused-ring (bicyclic) bond motifs is 3. The number of methoxy groups -OCH3 is 1. The van der Waals surface area contributed by atoms with E-state index in [9.17, 15) is 9.59 Å². The Morgan fingerprint density at radius 2 is 2.20 bits per heavy atom. The van der Waals surface area contributed by atoms with E-state index in [1.165, 1.54) is 30.2 Å². The summed E-state index contributed by atoms with van der Waals surface area (Å²) in [7, 11) is 1.37. The SMILES string of the molecule is COC(=O)CCSc1nc2sc3c(c2c(=O)n1-c1cccc(C)c1)CC(C)(C)OC3. The number of hydrogen-bond donors (Lipinski definition) is 0. The number of thiophene rings is 1. The third-order valence-electron chi connectivity index (χ3n) is 5.10. The quantitative estimate of drug-likeness (QED) is 0.333. The van der Waals surface area contributed by atoms with Crippen LogP contribution >= 0.6 is 23.1 Å². The van der Waals surface area contributed by atoms with Gasteiger partial charge in [-0.2, -0.15) is 0 Å². The number of thioether (sulfide) groups is 1. The standard InChI is InChI=1S/C22H24N2O4S2/c1-13-6-5-7-14(10-13)24-20(26)18-15-11-22(2,3)28-12-16(15)30-19(18)23-21(24)29-9-8-17(25)27-4/h5-7,10H,8-9,11-12H2,1-4H3. The van der Waals surface area contributed by atoms with Crippen LogP contribution < -0.4 is 5.56 Å². The summed E-state index contributed by atoms with van der Waals surface area (Å²) in [5.41, 5.74) is 2.51. The predicted molar refractivity (Wildman–Crippen MR) is 120 cm³/mol. The topological polar surface area (TPSA) is 70.4 Å². The lowest BCUT2D eigenvalue weighted by Gasteiger charge is -2.29. The molecule has 1 aliphatic heterocycles. The molecule has 3 aromatic rings. The highest BCUT2D eigenvalue weighted by Gasteiger charge is 2.31. The maximum Gasteiger partial charge on any atom is 0.306 e. The van der Waals surface area contributed by atoms with Crippen molar-refractivity contribution >= 4 is 39.3 Å². The molecule has 0 N–H and O–H groups in total. The molecule has 0 fully saturated rings. The van der Waals surface area contributed by atoms with Crippen molar-refractivity contribution in [2.45, 2.75) is 51.0 Å². The molecule has 0 bridgehead atoms. The first-order valence-corrected chi connectivity index (χ1v) is 11.6. The molecule has 0 spiro atoms. The van der Waals surface area contributed by atoms with Crippen molar-refractivity contribution in [2.75, 3.05) is 12.9 Å². The van der Waals surface area contributed by atoms with E-state index in [0.29, 0.717) is 29.3 Å². The smallest absolute Gasteiger partial charge is 0.306 e. The van der Waals surface area contributed by atoms with Gasteiger partial charge >= 0.3 is 5.97 Å². The number of carbonyl (C=O) groups excluding carboxylic acids is 1. The Bertz CT molecular complexity index is 1180. The van der Waals surface area contributed by atoms with Gasteiger partial charge in [0.1, 0.15) is 4.83 Å². The maximum atomic E-state index is 13.7. The largest absolute Gasteiger partial charge is 0.469 e. The van der Waals surface area contributed by atoms with Crippen molar-refractivity contribution in [1.82, 2.24) is 9.55 Å². The van der Waals surface area contributed by atoms with Gasteiger partial charge in [0.25, 0.3) is 5.56 Å². The number of rotatable bonds is 5. The molecule has 1 aromatic carbocycles. The van der Waals surface area contributed by atoms with Gasteiger partial charge in [-0.25, -0.2) is 4.98 Å². The van der Waals surface area contributed by atoms with E-state index in [4.69, 9.17) is 14.5 Å². The lowest BCUT2D eigenvalue weighted by molar-refractivity contribution is -0.140. The van der Waals surface area contributed by atoms with Crippen LogP contribution in [-0.2, 0) is 27.3 Å². The highest BCUT2D eigenvalue weighted by Crippen LogP contribution is 2.38. The first-order chi connectivity index (χ1) is 14.3. The molecule has 0 aliphatic carbocycles. The molecule has 158 valence electrons. The fourth-order valence-electron chi connectivity index (χ4n) is 3.59. The number of benzene rings is 1. The molecule has 0 amide bonds. The third-order valence-corrected chi connectivity index (χ3v) is 7.14. The Hall–Kier alpha value is -2.16. The van der Waals surface area contributed by atoms with Crippen molar-refractivity contribution in [2.24, 2.45) is 0 Å². The normalized spacial score (nSPS) is 15.2. The van der Waals surface area contributed by atoms with E-state index in [2.05, 4.69) is 0 Å². The van der Waals surface area contributed by atoms with Crippen molar-refractivity contribution in [3.05, 3.63) is 50.6 Å². The molecule has 0 saturated carbocycles. The van der Waals surface area contributed by atoms with Crippen LogP contribution in [0.5, 0.6) is 0 Å². The van der Waals surface area contributed by atoms with Gasteiger partial charge in [-0.1, -0.05) is 23.9 Å². The number of ether oxygens (including phenoxy) is 2. The zero-order valence-corrected chi connectivity index (χ0v) is 19.1. The average Bonchev–Trinajstić information content (AvgIpc) is 3.04. The van der Waals surface area contributed by atoms with Crippen molar-refractivity contribution in [3.63, 3.8) is 0 Å². The highest BCUT2D eigenvalue weighted by molar-refractivity contribution is 7.99. The van der Waals surface area contributed by atoms with E-state index in [1.807, 2.05) is 45.0 Å². The zero-order chi connectivity index (χ0) is 21.5. The Kier molecular flexibility index (Phi) is 5.74. The number of esters is 1. The molecule has 4 rings (SSSR count). The highest BCUT2D eigenvalue weighted by atomic mass is 32.2. The molecule has 1 aliphatic rings. The van der Waals surface area contributed by atoms with Crippen molar-refractivity contribution < 1.29 is 14.3 Å². The first kappa shape index (κ1) is 21.1. The van der Waals surface area contributed by atoms with Gasteiger partial charge in [0.05, 0.1) is 36.8 Å². The molecule has 0 radical (unpaired) electrons. The minimum Gasteiger partial charge on any atom is -0.469 e. The Morgan fingerprint density at radius 3 is 2.93 bits per heavy atom. The second kappa shape index (κ2) is 8.17. The van der Waals surface area contributed by atoms with E-state index in [0.717, 1.165) is 26.5 Å². The molecule has 0 saturated heterocycles. The van der Waals surface area contributed by atoms with E-state index >= 15 is 0 Å². The van der Waals surface area contributed by atoms with Gasteiger partial charge in [-0.3, -0.25) is 14.2 Å². The molecule has 8 heteroatoms. The Balaban J connectivity index is 1.88. The summed E-state index contributed by atoms with van der Waals surface area (Å²) in [5, 5.41) is 1.27. The summed E-state index contributed by atoms with van der Waals surface area (Å²) in [5.74, 6) is 0.205. The Morgan fingerprint density at radius 1 is 1.40 bits per heavy atom. The average molecular weight is 445 g/mol. The number of aromatic nitrogens is 2. The fourth-order valence-corrected chi connectivity index (χ4v) is 5.67. The van der Waals surface area contributed by atoms with Crippen LogP contribution in [0.4, 0.5) is 0 Å². The maximum absolute atomic E-state index is 13.7. The van der Waals surface area contributed by atoms with Crippen molar-refractivity contribution in [3.8, 4) is 5.69 Å². The number of nitrogens with zero attached hydrogens (tertiary/aromatic N) is 2. The van der Waals surface area contributed by atoms with Gasteiger partial charge in [-0.05, 0) is 44.0 Å². The summed E-state index contributed by atoms with van der Waals surface area (Å²) in [6, 6.07) is 7.82. The Labute approximate surface area is 183 Å². The van der Waals surface area contributed by atoms with Gasteiger partial charge in [0.2, 0.25) is 0 Å². The van der Waals surface area contributed by atoms with E-state index in [-0.39, 0.29) is 23.6 Å². The van der Waals surface area contributed by atoms with Crippen LogP contribution in [0.3, 0.4) is 0 Å². The van der Waals surface area contributed by atoms with E-state index < -0.39 is 0 Å². The van der Waals surface area contributed by atoms with Crippen LogP contribution in [0.15, 0.2) is 34.2 Å². The molecule has 3 heterocycles. The minimum absolute atomic E-state index is 0.0682. The molecule has 0 unspecified atom stereocenters. The lowest BCUT2D eigenvalue weighted by atomic mass is 9.94. The van der Waals surface area contributed by atoms with Gasteiger partial charge in [0, 0.05) is 17.1 Å². The third kappa shape index (κ3) is 4.04. The predicted octanol–water partition coefficient (Wildman–Crippen LogP) is 4.26. The second-order valence-corrected chi connectivity index (χ2v) is 10.1. The summed E-state index contributed by atoms with van der Waals surface area (Å²) in [6.07, 6.45) is 0.938. The van der Waals surface area contributed by atoms with E-state index in [1.54, 1.807) is 4.57 Å². The van der Waals surface area contributed by atoms with Crippen LogP contribution in [-0.4, -0.2) is 34.0 Å². The molecule has 6 nitrogen and oxygen atoms in total. The second-order valence-electron chi connectivity index (χ2n) is 7.96. The summed E-state index contributed by atoms with van der Waals surface area (Å²) in [6.45, 7) is 6.58. The summed E-state index contributed by atoms with van der Waals surface area (Å²) < 4.78 is 12.4. The van der Waals surface area contributed by atoms with Crippen molar-refractivity contribution in [1.29, 1.82) is 0 Å². The lowest BCUT2D eigenvalue weighted by Crippen LogP contribution is -2.32. The first-order valence-electron chi connectivity index (χ1n) is 9.77. The molecule has 30 heavy (non-hydrogen) atoms. The number of aryl methyl sites for hydroxylation is 1. The van der Waals surface area contributed by atoms with Crippen LogP contribution in [0.25, 0.3) is 15.9 Å². The summed E-state index contributed by atoms with van der Waals surface area (Å²) >= 11 is 2.92. The minimum atomic E-state index is -0.310. The van der Waals surface area contributed by atoms with Crippen LogP contribution in [0.2, 0.25) is 0 Å². The van der Waals surface area contributed by atoms with Gasteiger partial charge in [-0.15, -0.1) is 11.3 Å². The number of hydrogen-bond acceptors (Lipinski definition) is 7. The monoisotopic (exact) mass is 444 g/mol. The number of carbonyl (C=O) groups is 1.